The van der Waals surface area contributed by atoms with Crippen molar-refractivity contribution >= 4 is 17.3 Å². The number of hydrogen-bond donors (Lipinski definition) is 2. The zero-order valence-corrected chi connectivity index (χ0v) is 11.0. The van der Waals surface area contributed by atoms with E-state index in [0.29, 0.717) is 18.8 Å². The van der Waals surface area contributed by atoms with Gasteiger partial charge in [0.1, 0.15) is 10.6 Å². The Labute approximate surface area is 108 Å². The zero-order chi connectivity index (χ0) is 13.1. The van der Waals surface area contributed by atoms with Gasteiger partial charge in [-0.3, -0.25) is 4.68 Å². The van der Waals surface area contributed by atoms with Crippen LogP contribution in [0.4, 0.5) is 0 Å². The second-order valence-corrected chi connectivity index (χ2v) is 4.86. The number of thiazole rings is 1. The van der Waals surface area contributed by atoms with Gasteiger partial charge in [-0.1, -0.05) is 0 Å². The third-order valence-corrected chi connectivity index (χ3v) is 3.49. The molecule has 18 heavy (non-hydrogen) atoms. The molecule has 2 aromatic heterocycles. The van der Waals surface area contributed by atoms with Gasteiger partial charge in [-0.25, -0.2) is 9.78 Å². The number of carboxylic acid groups (broad SMARTS) is 1. The number of aryl methyl sites for hydroxylation is 2. The van der Waals surface area contributed by atoms with Gasteiger partial charge in [0.25, 0.3) is 0 Å². The molecule has 0 bridgehead atoms. The first-order valence-corrected chi connectivity index (χ1v) is 6.32. The van der Waals surface area contributed by atoms with Gasteiger partial charge in [0, 0.05) is 31.2 Å². The molecule has 0 fully saturated rings. The van der Waals surface area contributed by atoms with E-state index in [9.17, 15) is 4.79 Å². The van der Waals surface area contributed by atoms with Crippen LogP contribution < -0.4 is 5.32 Å². The van der Waals surface area contributed by atoms with Crippen molar-refractivity contribution in [3.8, 4) is 0 Å². The number of nitrogens with zero attached hydrogens (tertiary/aromatic N) is 3. The van der Waals surface area contributed by atoms with E-state index >= 15 is 0 Å². The maximum Gasteiger partial charge on any atom is 0.339 e. The van der Waals surface area contributed by atoms with E-state index in [0.717, 1.165) is 10.7 Å². The van der Waals surface area contributed by atoms with Crippen LogP contribution in [-0.2, 0) is 20.1 Å². The van der Waals surface area contributed by atoms with Crippen LogP contribution in [-0.4, -0.2) is 25.8 Å². The first-order chi connectivity index (χ1) is 8.58. The Morgan fingerprint density at radius 3 is 2.94 bits per heavy atom. The second-order valence-electron chi connectivity index (χ2n) is 3.92. The topological polar surface area (TPSA) is 80.0 Å². The first kappa shape index (κ1) is 12.7. The highest BCUT2D eigenvalue weighted by molar-refractivity contribution is 7.09. The van der Waals surface area contributed by atoms with E-state index in [1.54, 1.807) is 23.1 Å². The predicted octanol–water partition coefficient (Wildman–Crippen LogP) is 1.17. The molecule has 0 radical (unpaired) electrons. The number of carbonyl (C=O) groups is 1. The van der Waals surface area contributed by atoms with Gasteiger partial charge in [0.05, 0.1) is 11.9 Å². The molecule has 2 aromatic rings. The molecule has 0 aliphatic heterocycles. The number of aromatic nitrogens is 3. The average Bonchev–Trinajstić information content (AvgIpc) is 2.87. The average molecular weight is 266 g/mol. The SMILES string of the molecule is Cc1csc(CNCc2c(C(=O)O)cnn2C)n1. The van der Waals surface area contributed by atoms with Crippen LogP contribution in [0.2, 0.25) is 0 Å². The van der Waals surface area contributed by atoms with Crippen LogP contribution in [0.5, 0.6) is 0 Å². The molecule has 0 amide bonds. The number of carboxylic acids is 1. The van der Waals surface area contributed by atoms with E-state index < -0.39 is 5.97 Å². The third kappa shape index (κ3) is 2.74. The Kier molecular flexibility index (Phi) is 3.73. The normalized spacial score (nSPS) is 10.8. The van der Waals surface area contributed by atoms with E-state index in [1.807, 2.05) is 12.3 Å². The van der Waals surface area contributed by atoms with Crippen molar-refractivity contribution in [1.82, 2.24) is 20.1 Å². The summed E-state index contributed by atoms with van der Waals surface area (Å²) in [6.07, 6.45) is 1.37. The summed E-state index contributed by atoms with van der Waals surface area (Å²) in [5.74, 6) is -0.954. The lowest BCUT2D eigenvalue weighted by Crippen LogP contribution is -2.17. The molecule has 2 heterocycles. The summed E-state index contributed by atoms with van der Waals surface area (Å²) in [5, 5.41) is 19.1. The lowest BCUT2D eigenvalue weighted by atomic mass is 10.2. The molecule has 0 spiro atoms. The van der Waals surface area contributed by atoms with Gasteiger partial charge in [-0.05, 0) is 6.92 Å². The summed E-state index contributed by atoms with van der Waals surface area (Å²) < 4.78 is 1.57. The van der Waals surface area contributed by atoms with Gasteiger partial charge in [0.15, 0.2) is 0 Å². The summed E-state index contributed by atoms with van der Waals surface area (Å²) in [6, 6.07) is 0. The molecule has 96 valence electrons. The molecular weight excluding hydrogens is 252 g/mol. The highest BCUT2D eigenvalue weighted by atomic mass is 32.1. The van der Waals surface area contributed by atoms with E-state index in [2.05, 4.69) is 15.4 Å². The third-order valence-electron chi connectivity index (χ3n) is 2.53. The summed E-state index contributed by atoms with van der Waals surface area (Å²) in [7, 11) is 1.73. The van der Waals surface area contributed by atoms with Crippen molar-refractivity contribution in [3.05, 3.63) is 33.5 Å². The fraction of sp³-hybridized carbons (Fsp3) is 0.364. The quantitative estimate of drug-likeness (QED) is 0.849. The molecule has 2 rings (SSSR count). The van der Waals surface area contributed by atoms with Gasteiger partial charge in [-0.15, -0.1) is 11.3 Å². The monoisotopic (exact) mass is 266 g/mol. The number of rotatable bonds is 5. The molecule has 0 unspecified atom stereocenters. The van der Waals surface area contributed by atoms with Gasteiger partial charge in [-0.2, -0.15) is 5.10 Å². The minimum atomic E-state index is -0.954. The smallest absolute Gasteiger partial charge is 0.339 e. The number of hydrogen-bond acceptors (Lipinski definition) is 5. The molecule has 6 nitrogen and oxygen atoms in total. The van der Waals surface area contributed by atoms with Crippen molar-refractivity contribution in [2.45, 2.75) is 20.0 Å². The lowest BCUT2D eigenvalue weighted by molar-refractivity contribution is 0.0695. The molecule has 0 aliphatic rings. The maximum absolute atomic E-state index is 11.0. The van der Waals surface area contributed by atoms with Crippen molar-refractivity contribution in [3.63, 3.8) is 0 Å². The van der Waals surface area contributed by atoms with Gasteiger partial charge >= 0.3 is 5.97 Å². The van der Waals surface area contributed by atoms with E-state index in [4.69, 9.17) is 5.11 Å². The Morgan fingerprint density at radius 1 is 1.56 bits per heavy atom. The van der Waals surface area contributed by atoms with Crippen LogP contribution in [0.1, 0.15) is 26.8 Å². The second kappa shape index (κ2) is 5.28. The molecule has 2 N–H and O–H groups in total. The Balaban J connectivity index is 1.98. The van der Waals surface area contributed by atoms with Crippen molar-refractivity contribution in [1.29, 1.82) is 0 Å². The maximum atomic E-state index is 11.0. The predicted molar refractivity (Wildman–Crippen MR) is 67.6 cm³/mol. The van der Waals surface area contributed by atoms with Crippen LogP contribution in [0.15, 0.2) is 11.6 Å². The van der Waals surface area contributed by atoms with Crippen molar-refractivity contribution < 1.29 is 9.90 Å². The molecule has 0 saturated carbocycles. The minimum Gasteiger partial charge on any atom is -0.478 e. The highest BCUT2D eigenvalue weighted by Crippen LogP contribution is 2.10. The van der Waals surface area contributed by atoms with Crippen molar-refractivity contribution in [2.75, 3.05) is 0 Å². The zero-order valence-electron chi connectivity index (χ0n) is 10.2. The van der Waals surface area contributed by atoms with Crippen molar-refractivity contribution in [2.24, 2.45) is 7.05 Å². The molecule has 0 saturated heterocycles. The Morgan fingerprint density at radius 2 is 2.33 bits per heavy atom. The summed E-state index contributed by atoms with van der Waals surface area (Å²) in [6.45, 7) is 3.03. The molecular formula is C11H14N4O2S. The molecule has 0 aromatic carbocycles. The standard InChI is InChI=1S/C11H14N4O2S/c1-7-6-18-10(14-7)5-12-4-9-8(11(16)17)3-13-15(9)2/h3,6,12H,4-5H2,1-2H3,(H,16,17). The highest BCUT2D eigenvalue weighted by Gasteiger charge is 2.14. The summed E-state index contributed by atoms with van der Waals surface area (Å²) >= 11 is 1.59. The Bertz CT molecular complexity index is 561. The molecule has 7 heteroatoms. The van der Waals surface area contributed by atoms with E-state index in [-0.39, 0.29) is 5.56 Å². The Hall–Kier alpha value is -1.73. The number of aromatic carboxylic acids is 1. The first-order valence-electron chi connectivity index (χ1n) is 5.44. The summed E-state index contributed by atoms with van der Waals surface area (Å²) in [5.41, 5.74) is 1.90. The van der Waals surface area contributed by atoms with Gasteiger partial charge < -0.3 is 10.4 Å². The lowest BCUT2D eigenvalue weighted by Gasteiger charge is -2.04. The molecule has 0 aliphatic carbocycles. The van der Waals surface area contributed by atoms with E-state index in [1.165, 1.54) is 6.20 Å². The number of nitrogens with one attached hydrogen (secondary N) is 1. The van der Waals surface area contributed by atoms with Crippen LogP contribution >= 0.6 is 11.3 Å². The molecule has 0 atom stereocenters. The van der Waals surface area contributed by atoms with Crippen LogP contribution in [0.3, 0.4) is 0 Å². The fourth-order valence-corrected chi connectivity index (χ4v) is 2.36. The summed E-state index contributed by atoms with van der Waals surface area (Å²) in [4.78, 5) is 15.3. The van der Waals surface area contributed by atoms with Crippen LogP contribution in [0.25, 0.3) is 0 Å². The minimum absolute atomic E-state index is 0.236. The fourth-order valence-electron chi connectivity index (χ4n) is 1.62. The van der Waals surface area contributed by atoms with Gasteiger partial charge in [0.2, 0.25) is 0 Å². The largest absolute Gasteiger partial charge is 0.478 e. The van der Waals surface area contributed by atoms with Crippen LogP contribution in [0, 0.1) is 6.92 Å².